The van der Waals surface area contributed by atoms with Crippen LogP contribution in [0.4, 0.5) is 18.9 Å². The molecule has 2 fully saturated rings. The molecular formula is C17H22F3N3O3. The molecular weight excluding hydrogens is 351 g/mol. The van der Waals surface area contributed by atoms with Gasteiger partial charge in [-0.3, -0.25) is 4.99 Å². The molecule has 0 amide bonds. The second kappa shape index (κ2) is 7.71. The van der Waals surface area contributed by atoms with E-state index in [1.807, 2.05) is 0 Å². The number of nitrogens with zero attached hydrogens (tertiary/aromatic N) is 1. The van der Waals surface area contributed by atoms with Gasteiger partial charge in [0.15, 0.2) is 11.7 Å². The smallest absolute Gasteiger partial charge is 0.406 e. The summed E-state index contributed by atoms with van der Waals surface area (Å²) in [6.07, 6.45) is 0.383. The summed E-state index contributed by atoms with van der Waals surface area (Å²) in [5.74, 6) is -0.592. The Labute approximate surface area is 149 Å². The molecule has 1 atom stereocenters. The fraction of sp³-hybridized carbons (Fsp3) is 0.588. The lowest BCUT2D eigenvalue weighted by atomic mass is 9.94. The van der Waals surface area contributed by atoms with Crippen molar-refractivity contribution >= 4 is 11.6 Å². The predicted octanol–water partition coefficient (Wildman–Crippen LogP) is 3.39. The molecule has 0 radical (unpaired) electrons. The molecule has 2 aliphatic rings. The zero-order chi connectivity index (χ0) is 18.6. The van der Waals surface area contributed by atoms with E-state index < -0.39 is 12.1 Å². The van der Waals surface area contributed by atoms with E-state index in [0.717, 1.165) is 25.7 Å². The highest BCUT2D eigenvalue weighted by molar-refractivity contribution is 5.92. The predicted molar refractivity (Wildman–Crippen MR) is 89.9 cm³/mol. The lowest BCUT2D eigenvalue weighted by molar-refractivity contribution is -0.274. The Hall–Kier alpha value is -2.00. The lowest BCUT2D eigenvalue weighted by Crippen LogP contribution is -2.34. The van der Waals surface area contributed by atoms with Gasteiger partial charge in [-0.15, -0.1) is 13.2 Å². The van der Waals surface area contributed by atoms with E-state index in [1.165, 1.54) is 30.7 Å². The number of hydrogen-bond donors (Lipinski definition) is 2. The first-order valence-corrected chi connectivity index (χ1v) is 8.58. The Morgan fingerprint density at radius 3 is 2.58 bits per heavy atom. The molecule has 144 valence electrons. The van der Waals surface area contributed by atoms with E-state index in [4.69, 9.17) is 15.2 Å². The SMILES string of the molecule is NC(=NCC1COC2(CCCCC2)O1)Nc1ccc(OC(F)(F)F)cc1. The van der Waals surface area contributed by atoms with Crippen LogP contribution in [0.3, 0.4) is 0 Å². The average Bonchev–Trinajstić information content (AvgIpc) is 2.97. The quantitative estimate of drug-likeness (QED) is 0.625. The number of benzene rings is 1. The number of nitrogens with two attached hydrogens (primary N) is 1. The van der Waals surface area contributed by atoms with Crippen LogP contribution in [0.25, 0.3) is 0 Å². The van der Waals surface area contributed by atoms with Crippen LogP contribution in [-0.4, -0.2) is 37.4 Å². The summed E-state index contributed by atoms with van der Waals surface area (Å²) >= 11 is 0. The lowest BCUT2D eigenvalue weighted by Gasteiger charge is -2.31. The topological polar surface area (TPSA) is 78.1 Å². The number of nitrogens with one attached hydrogen (secondary N) is 1. The van der Waals surface area contributed by atoms with Crippen LogP contribution < -0.4 is 15.8 Å². The minimum atomic E-state index is -4.71. The van der Waals surface area contributed by atoms with Crippen molar-refractivity contribution in [1.82, 2.24) is 0 Å². The van der Waals surface area contributed by atoms with E-state index in [1.54, 1.807) is 0 Å². The molecule has 26 heavy (non-hydrogen) atoms. The summed E-state index contributed by atoms with van der Waals surface area (Å²) in [6, 6.07) is 5.25. The molecule has 9 heteroatoms. The van der Waals surface area contributed by atoms with E-state index in [0.29, 0.717) is 18.8 Å². The molecule has 1 saturated heterocycles. The highest BCUT2D eigenvalue weighted by Crippen LogP contribution is 2.37. The minimum Gasteiger partial charge on any atom is -0.406 e. The van der Waals surface area contributed by atoms with Gasteiger partial charge in [-0.2, -0.15) is 0 Å². The van der Waals surface area contributed by atoms with Crippen LogP contribution >= 0.6 is 0 Å². The van der Waals surface area contributed by atoms with Gasteiger partial charge in [-0.1, -0.05) is 6.42 Å². The van der Waals surface area contributed by atoms with Gasteiger partial charge in [0.05, 0.1) is 13.2 Å². The summed E-state index contributed by atoms with van der Waals surface area (Å²) in [5.41, 5.74) is 6.33. The molecule has 1 saturated carbocycles. The van der Waals surface area contributed by atoms with E-state index in [9.17, 15) is 13.2 Å². The first-order chi connectivity index (χ1) is 12.3. The number of aliphatic imine (C=N–C) groups is 1. The number of anilines is 1. The fourth-order valence-corrected chi connectivity index (χ4v) is 3.19. The first-order valence-electron chi connectivity index (χ1n) is 8.58. The highest BCUT2D eigenvalue weighted by Gasteiger charge is 2.42. The third kappa shape index (κ3) is 5.25. The number of rotatable bonds is 4. The third-order valence-electron chi connectivity index (χ3n) is 4.35. The molecule has 1 aliphatic carbocycles. The van der Waals surface area contributed by atoms with Crippen LogP contribution in [0.15, 0.2) is 29.3 Å². The maximum absolute atomic E-state index is 12.1. The van der Waals surface area contributed by atoms with Crippen LogP contribution in [0.2, 0.25) is 0 Å². The van der Waals surface area contributed by atoms with Crippen molar-refractivity contribution in [3.63, 3.8) is 0 Å². The number of hydrogen-bond acceptors (Lipinski definition) is 4. The number of halogens is 3. The van der Waals surface area contributed by atoms with Gasteiger partial charge in [0.25, 0.3) is 0 Å². The van der Waals surface area contributed by atoms with E-state index in [-0.39, 0.29) is 17.8 Å². The van der Waals surface area contributed by atoms with Gasteiger partial charge in [-0.05, 0) is 37.1 Å². The normalized spacial score (nSPS) is 23.2. The third-order valence-corrected chi connectivity index (χ3v) is 4.35. The minimum absolute atomic E-state index is 0.143. The van der Waals surface area contributed by atoms with Crippen molar-refractivity contribution in [1.29, 1.82) is 0 Å². The number of guanidine groups is 1. The zero-order valence-electron chi connectivity index (χ0n) is 14.2. The maximum atomic E-state index is 12.1. The van der Waals surface area contributed by atoms with E-state index in [2.05, 4.69) is 15.0 Å². The Morgan fingerprint density at radius 1 is 1.23 bits per heavy atom. The molecule has 1 aromatic rings. The summed E-state index contributed by atoms with van der Waals surface area (Å²) in [6.45, 7) is 0.843. The van der Waals surface area contributed by atoms with Gasteiger partial charge in [0, 0.05) is 18.5 Å². The molecule has 1 spiro atoms. The van der Waals surface area contributed by atoms with Crippen LogP contribution in [0.5, 0.6) is 5.75 Å². The highest BCUT2D eigenvalue weighted by atomic mass is 19.4. The Balaban J connectivity index is 1.48. The van der Waals surface area contributed by atoms with Crippen LogP contribution in [0.1, 0.15) is 32.1 Å². The summed E-state index contributed by atoms with van der Waals surface area (Å²) in [7, 11) is 0. The van der Waals surface area contributed by atoms with Gasteiger partial charge in [-0.25, -0.2) is 0 Å². The van der Waals surface area contributed by atoms with Crippen LogP contribution in [-0.2, 0) is 9.47 Å². The molecule has 6 nitrogen and oxygen atoms in total. The molecule has 3 N–H and O–H groups in total. The van der Waals surface area contributed by atoms with Gasteiger partial charge in [0.1, 0.15) is 11.9 Å². The van der Waals surface area contributed by atoms with Crippen molar-refractivity contribution in [3.8, 4) is 5.75 Å². The maximum Gasteiger partial charge on any atom is 0.573 e. The Kier molecular flexibility index (Phi) is 5.57. The molecule has 1 aromatic carbocycles. The number of alkyl halides is 3. The molecule has 1 aliphatic heterocycles. The molecule has 0 aromatic heterocycles. The average molecular weight is 373 g/mol. The summed E-state index contributed by atoms with van der Waals surface area (Å²) in [5, 5.41) is 2.82. The van der Waals surface area contributed by atoms with Crippen molar-refractivity contribution in [3.05, 3.63) is 24.3 Å². The zero-order valence-corrected chi connectivity index (χ0v) is 14.2. The summed E-state index contributed by atoms with van der Waals surface area (Å²) in [4.78, 5) is 4.23. The van der Waals surface area contributed by atoms with Gasteiger partial charge < -0.3 is 25.3 Å². The fourth-order valence-electron chi connectivity index (χ4n) is 3.19. The van der Waals surface area contributed by atoms with Crippen molar-refractivity contribution in [2.24, 2.45) is 10.7 Å². The second-order valence-corrected chi connectivity index (χ2v) is 6.45. The number of ether oxygens (including phenoxy) is 3. The standard InChI is InChI=1S/C17H22F3N3O3/c18-17(19,20)26-13-6-4-12(5-7-13)23-15(21)22-10-14-11-24-16(25-14)8-2-1-3-9-16/h4-7,14H,1-3,8-11H2,(H3,21,22,23). The molecule has 1 heterocycles. The molecule has 1 unspecified atom stereocenters. The van der Waals surface area contributed by atoms with Gasteiger partial charge in [0.2, 0.25) is 0 Å². The largest absolute Gasteiger partial charge is 0.573 e. The van der Waals surface area contributed by atoms with Crippen molar-refractivity contribution in [2.75, 3.05) is 18.5 Å². The van der Waals surface area contributed by atoms with Crippen LogP contribution in [0, 0.1) is 0 Å². The van der Waals surface area contributed by atoms with Crippen molar-refractivity contribution in [2.45, 2.75) is 50.4 Å². The Morgan fingerprint density at radius 2 is 1.92 bits per heavy atom. The monoisotopic (exact) mass is 373 g/mol. The molecule has 3 rings (SSSR count). The first kappa shape index (κ1) is 18.8. The second-order valence-electron chi connectivity index (χ2n) is 6.45. The van der Waals surface area contributed by atoms with E-state index >= 15 is 0 Å². The molecule has 0 bridgehead atoms. The van der Waals surface area contributed by atoms with Gasteiger partial charge >= 0.3 is 6.36 Å². The Bertz CT molecular complexity index is 628. The summed E-state index contributed by atoms with van der Waals surface area (Å²) < 4.78 is 52.1. The van der Waals surface area contributed by atoms with Crippen molar-refractivity contribution < 1.29 is 27.4 Å².